The Balaban J connectivity index is 2.30. The Labute approximate surface area is 145 Å². The molecule has 0 aliphatic heterocycles. The van der Waals surface area contributed by atoms with Gasteiger partial charge in [-0.15, -0.1) is 0 Å². The van der Waals surface area contributed by atoms with Gasteiger partial charge >= 0.3 is 0 Å². The Bertz CT molecular complexity index is 794. The number of benzene rings is 1. The summed E-state index contributed by atoms with van der Waals surface area (Å²) in [6.45, 7) is 5.83. The standard InChI is InChI=1S/C18H22FN3O3/c1-18(2,3)15(10-11-23)20-17(25)14-8-9-16(24)22(21-14)13-6-4-12(19)5-7-13/h4-9,15,23H,10-11H2,1-3H3,(H,20,25). The Hall–Kier alpha value is -2.54. The number of aromatic nitrogens is 2. The Morgan fingerprint density at radius 2 is 1.88 bits per heavy atom. The second-order valence-electron chi connectivity index (χ2n) is 6.85. The van der Waals surface area contributed by atoms with Crippen LogP contribution in [0.1, 0.15) is 37.7 Å². The molecule has 7 heteroatoms. The van der Waals surface area contributed by atoms with Gasteiger partial charge in [0.25, 0.3) is 11.5 Å². The van der Waals surface area contributed by atoms with Crippen molar-refractivity contribution in [3.05, 3.63) is 58.3 Å². The van der Waals surface area contributed by atoms with E-state index in [4.69, 9.17) is 0 Å². The lowest BCUT2D eigenvalue weighted by molar-refractivity contribution is 0.0878. The van der Waals surface area contributed by atoms with Gasteiger partial charge in [-0.25, -0.2) is 4.39 Å². The van der Waals surface area contributed by atoms with E-state index in [1.165, 1.54) is 36.4 Å². The third kappa shape index (κ3) is 4.73. The fraction of sp³-hybridized carbons (Fsp3) is 0.389. The van der Waals surface area contributed by atoms with Crippen molar-refractivity contribution in [3.63, 3.8) is 0 Å². The van der Waals surface area contributed by atoms with Gasteiger partial charge in [-0.05, 0) is 42.2 Å². The van der Waals surface area contributed by atoms with Gasteiger partial charge in [-0.2, -0.15) is 9.78 Å². The first-order valence-corrected chi connectivity index (χ1v) is 8.00. The van der Waals surface area contributed by atoms with Crippen LogP contribution in [0.3, 0.4) is 0 Å². The van der Waals surface area contributed by atoms with Crippen molar-refractivity contribution in [2.24, 2.45) is 5.41 Å². The number of carbonyl (C=O) groups is 1. The summed E-state index contributed by atoms with van der Waals surface area (Å²) in [4.78, 5) is 24.5. The first-order valence-electron chi connectivity index (χ1n) is 8.00. The third-order valence-electron chi connectivity index (χ3n) is 3.87. The second-order valence-corrected chi connectivity index (χ2v) is 6.85. The molecule has 0 bridgehead atoms. The summed E-state index contributed by atoms with van der Waals surface area (Å²) >= 11 is 0. The van der Waals surface area contributed by atoms with Crippen molar-refractivity contribution < 1.29 is 14.3 Å². The fourth-order valence-electron chi connectivity index (χ4n) is 2.38. The summed E-state index contributed by atoms with van der Waals surface area (Å²) in [6, 6.07) is 7.59. The molecule has 1 atom stereocenters. The highest BCUT2D eigenvalue weighted by Gasteiger charge is 2.26. The highest BCUT2D eigenvalue weighted by Crippen LogP contribution is 2.21. The molecule has 1 aromatic carbocycles. The fourth-order valence-corrected chi connectivity index (χ4v) is 2.38. The van der Waals surface area contributed by atoms with E-state index >= 15 is 0 Å². The van der Waals surface area contributed by atoms with Gasteiger partial charge < -0.3 is 10.4 Å². The summed E-state index contributed by atoms with van der Waals surface area (Å²) in [5.74, 6) is -0.869. The zero-order valence-corrected chi connectivity index (χ0v) is 14.5. The molecule has 0 radical (unpaired) electrons. The first-order chi connectivity index (χ1) is 11.7. The van der Waals surface area contributed by atoms with Crippen molar-refractivity contribution in [1.82, 2.24) is 15.1 Å². The minimum absolute atomic E-state index is 0.0509. The van der Waals surface area contributed by atoms with Gasteiger partial charge in [-0.3, -0.25) is 9.59 Å². The van der Waals surface area contributed by atoms with Gasteiger partial charge in [0.15, 0.2) is 0 Å². The molecule has 25 heavy (non-hydrogen) atoms. The molecule has 1 aromatic heterocycles. The van der Waals surface area contributed by atoms with Gasteiger partial charge in [0.1, 0.15) is 11.5 Å². The number of nitrogens with zero attached hydrogens (tertiary/aromatic N) is 2. The molecule has 134 valence electrons. The topological polar surface area (TPSA) is 84.2 Å². The summed E-state index contributed by atoms with van der Waals surface area (Å²) in [7, 11) is 0. The van der Waals surface area contributed by atoms with Crippen LogP contribution in [-0.4, -0.2) is 33.4 Å². The average molecular weight is 347 g/mol. The molecule has 2 aromatic rings. The number of halogens is 1. The van der Waals surface area contributed by atoms with Crippen molar-refractivity contribution in [2.45, 2.75) is 33.2 Å². The zero-order valence-electron chi connectivity index (χ0n) is 14.5. The molecule has 1 unspecified atom stereocenters. The van der Waals surface area contributed by atoms with Crippen LogP contribution in [0.15, 0.2) is 41.2 Å². The Kier molecular flexibility index (Phi) is 5.69. The zero-order chi connectivity index (χ0) is 18.6. The molecular weight excluding hydrogens is 325 g/mol. The quantitative estimate of drug-likeness (QED) is 0.865. The molecule has 2 rings (SSSR count). The molecule has 6 nitrogen and oxygen atoms in total. The monoisotopic (exact) mass is 347 g/mol. The van der Waals surface area contributed by atoms with Gasteiger partial charge in [0, 0.05) is 18.7 Å². The minimum Gasteiger partial charge on any atom is -0.396 e. The van der Waals surface area contributed by atoms with E-state index in [0.717, 1.165) is 4.68 Å². The number of amides is 1. The van der Waals surface area contributed by atoms with E-state index in [0.29, 0.717) is 12.1 Å². The van der Waals surface area contributed by atoms with Gasteiger partial charge in [-0.1, -0.05) is 20.8 Å². The number of aliphatic hydroxyl groups is 1. The number of aliphatic hydroxyl groups excluding tert-OH is 1. The molecule has 0 saturated carbocycles. The normalized spacial score (nSPS) is 12.7. The molecule has 2 N–H and O–H groups in total. The maximum Gasteiger partial charge on any atom is 0.271 e. The molecule has 1 heterocycles. The highest BCUT2D eigenvalue weighted by atomic mass is 19.1. The van der Waals surface area contributed by atoms with Crippen LogP contribution < -0.4 is 10.9 Å². The van der Waals surface area contributed by atoms with E-state index < -0.39 is 17.3 Å². The van der Waals surface area contributed by atoms with Crippen molar-refractivity contribution in [3.8, 4) is 5.69 Å². The number of hydrogen-bond donors (Lipinski definition) is 2. The average Bonchev–Trinajstić information content (AvgIpc) is 2.55. The lowest BCUT2D eigenvalue weighted by Crippen LogP contribution is -2.44. The van der Waals surface area contributed by atoms with Gasteiger partial charge in [0.05, 0.1) is 5.69 Å². The van der Waals surface area contributed by atoms with E-state index in [2.05, 4.69) is 10.4 Å². The van der Waals surface area contributed by atoms with E-state index in [9.17, 15) is 19.1 Å². The summed E-state index contributed by atoms with van der Waals surface area (Å²) in [5, 5.41) is 16.1. The molecule has 0 fully saturated rings. The minimum atomic E-state index is -0.441. The Morgan fingerprint density at radius 3 is 2.44 bits per heavy atom. The van der Waals surface area contributed by atoms with Gasteiger partial charge in [0.2, 0.25) is 0 Å². The molecular formula is C18H22FN3O3. The number of nitrogens with one attached hydrogen (secondary N) is 1. The van der Waals surface area contributed by atoms with Crippen molar-refractivity contribution in [2.75, 3.05) is 6.61 Å². The van der Waals surface area contributed by atoms with E-state index in [1.807, 2.05) is 20.8 Å². The maximum absolute atomic E-state index is 13.0. The van der Waals surface area contributed by atoms with Crippen LogP contribution in [0.25, 0.3) is 5.69 Å². The largest absolute Gasteiger partial charge is 0.396 e. The van der Waals surface area contributed by atoms with Crippen LogP contribution in [0.2, 0.25) is 0 Å². The number of carbonyl (C=O) groups excluding carboxylic acids is 1. The van der Waals surface area contributed by atoms with Crippen LogP contribution >= 0.6 is 0 Å². The smallest absolute Gasteiger partial charge is 0.271 e. The lowest BCUT2D eigenvalue weighted by Gasteiger charge is -2.31. The van der Waals surface area contributed by atoms with Crippen molar-refractivity contribution in [1.29, 1.82) is 0 Å². The van der Waals surface area contributed by atoms with E-state index in [1.54, 1.807) is 0 Å². The summed E-state index contributed by atoms with van der Waals surface area (Å²) in [5.41, 5.74) is -0.241. The van der Waals surface area contributed by atoms with Crippen LogP contribution in [0, 0.1) is 11.2 Å². The SMILES string of the molecule is CC(C)(C)C(CCO)NC(=O)c1ccc(=O)n(-c2ccc(F)cc2)n1. The molecule has 0 aliphatic rings. The molecule has 0 spiro atoms. The molecule has 0 saturated heterocycles. The predicted molar refractivity (Wildman–Crippen MR) is 92.2 cm³/mol. The van der Waals surface area contributed by atoms with Crippen LogP contribution in [-0.2, 0) is 0 Å². The number of rotatable bonds is 5. The second kappa shape index (κ2) is 7.57. The van der Waals surface area contributed by atoms with Crippen molar-refractivity contribution >= 4 is 5.91 Å². The van der Waals surface area contributed by atoms with Crippen LogP contribution in [0.4, 0.5) is 4.39 Å². The maximum atomic E-state index is 13.0. The van der Waals surface area contributed by atoms with E-state index in [-0.39, 0.29) is 23.8 Å². The lowest BCUT2D eigenvalue weighted by atomic mass is 9.85. The predicted octanol–water partition coefficient (Wildman–Crippen LogP) is 1.90. The van der Waals surface area contributed by atoms with Crippen LogP contribution in [0.5, 0.6) is 0 Å². The highest BCUT2D eigenvalue weighted by molar-refractivity contribution is 5.92. The summed E-state index contributed by atoms with van der Waals surface area (Å²) < 4.78 is 14.1. The summed E-state index contributed by atoms with van der Waals surface area (Å²) in [6.07, 6.45) is 0.410. The molecule has 1 amide bonds. The Morgan fingerprint density at radius 1 is 1.24 bits per heavy atom. The third-order valence-corrected chi connectivity index (χ3v) is 3.87. The molecule has 0 aliphatic carbocycles. The number of hydrogen-bond acceptors (Lipinski definition) is 4. The first kappa shape index (κ1) is 18.8.